The zero-order valence-corrected chi connectivity index (χ0v) is 23.4. The van der Waals surface area contributed by atoms with E-state index in [9.17, 15) is 9.90 Å². The fraction of sp³-hybridized carbons (Fsp3) is 0.581. The maximum Gasteiger partial charge on any atom is 0.310 e. The molecule has 1 saturated carbocycles. The molecule has 202 valence electrons. The number of hydrogen-bond acceptors (Lipinski definition) is 5. The molecular weight excluding hydrogens is 462 g/mol. The SMILES string of the molecule is CCC1CN(Cc2cc(C(c3ccc(NC)c(N)c3C)C(C)(C)C(=O)O)ccc2C)CCC(C2CC2)O1. The highest BCUT2D eigenvalue weighted by Gasteiger charge is 2.40. The van der Waals surface area contributed by atoms with E-state index in [0.717, 1.165) is 60.8 Å². The van der Waals surface area contributed by atoms with Crippen molar-refractivity contribution >= 4 is 17.3 Å². The number of carboxylic acids is 1. The lowest BCUT2D eigenvalue weighted by Gasteiger charge is -2.34. The molecule has 4 rings (SSSR count). The van der Waals surface area contributed by atoms with Crippen LogP contribution < -0.4 is 11.1 Å². The van der Waals surface area contributed by atoms with Crippen molar-refractivity contribution < 1.29 is 14.6 Å². The molecule has 37 heavy (non-hydrogen) atoms. The predicted octanol–water partition coefficient (Wildman–Crippen LogP) is 5.95. The van der Waals surface area contributed by atoms with E-state index >= 15 is 0 Å². The Morgan fingerprint density at radius 1 is 1.22 bits per heavy atom. The first-order valence-corrected chi connectivity index (χ1v) is 13.8. The summed E-state index contributed by atoms with van der Waals surface area (Å²) < 4.78 is 6.49. The third-order valence-corrected chi connectivity index (χ3v) is 8.67. The molecule has 2 fully saturated rings. The van der Waals surface area contributed by atoms with Gasteiger partial charge in [0.1, 0.15) is 0 Å². The van der Waals surface area contributed by atoms with Crippen LogP contribution in [0.5, 0.6) is 0 Å². The van der Waals surface area contributed by atoms with E-state index in [2.05, 4.69) is 42.3 Å². The van der Waals surface area contributed by atoms with Gasteiger partial charge in [0.25, 0.3) is 0 Å². The van der Waals surface area contributed by atoms with E-state index in [-0.39, 0.29) is 12.0 Å². The molecule has 2 aromatic carbocycles. The third kappa shape index (κ3) is 5.80. The lowest BCUT2D eigenvalue weighted by molar-refractivity contribution is -0.147. The van der Waals surface area contributed by atoms with E-state index in [1.54, 1.807) is 0 Å². The second kappa shape index (κ2) is 11.0. The molecule has 0 aromatic heterocycles. The van der Waals surface area contributed by atoms with Crippen molar-refractivity contribution in [3.63, 3.8) is 0 Å². The Morgan fingerprint density at radius 3 is 2.57 bits per heavy atom. The largest absolute Gasteiger partial charge is 0.481 e. The van der Waals surface area contributed by atoms with Gasteiger partial charge in [-0.15, -0.1) is 0 Å². The van der Waals surface area contributed by atoms with Gasteiger partial charge >= 0.3 is 5.97 Å². The first kappa shape index (κ1) is 27.5. The summed E-state index contributed by atoms with van der Waals surface area (Å²) in [5.74, 6) is -0.410. The minimum atomic E-state index is -1.02. The van der Waals surface area contributed by atoms with Crippen LogP contribution in [0, 0.1) is 25.2 Å². The van der Waals surface area contributed by atoms with Gasteiger partial charge in [-0.2, -0.15) is 0 Å². The molecule has 1 aliphatic carbocycles. The number of nitrogen functional groups attached to an aromatic ring is 1. The molecule has 6 heteroatoms. The zero-order valence-electron chi connectivity index (χ0n) is 23.4. The lowest BCUT2D eigenvalue weighted by Crippen LogP contribution is -2.33. The number of nitrogens with zero attached hydrogens (tertiary/aromatic N) is 1. The lowest BCUT2D eigenvalue weighted by atomic mass is 9.69. The maximum atomic E-state index is 12.5. The molecule has 2 aromatic rings. The first-order valence-electron chi connectivity index (χ1n) is 13.8. The summed E-state index contributed by atoms with van der Waals surface area (Å²) in [7, 11) is 1.85. The van der Waals surface area contributed by atoms with Crippen LogP contribution in [0.4, 0.5) is 11.4 Å². The van der Waals surface area contributed by atoms with Crippen molar-refractivity contribution in [2.75, 3.05) is 31.2 Å². The Bertz CT molecular complexity index is 1120. The molecule has 3 unspecified atom stereocenters. The second-order valence-electron chi connectivity index (χ2n) is 11.7. The van der Waals surface area contributed by atoms with Crippen molar-refractivity contribution in [3.05, 3.63) is 58.1 Å². The molecule has 6 nitrogen and oxygen atoms in total. The van der Waals surface area contributed by atoms with Gasteiger partial charge in [0, 0.05) is 32.6 Å². The summed E-state index contributed by atoms with van der Waals surface area (Å²) in [5, 5.41) is 13.4. The van der Waals surface area contributed by atoms with Crippen LogP contribution in [-0.4, -0.2) is 48.3 Å². The van der Waals surface area contributed by atoms with E-state index < -0.39 is 11.4 Å². The Morgan fingerprint density at radius 2 is 1.95 bits per heavy atom. The van der Waals surface area contributed by atoms with E-state index in [1.165, 1.54) is 24.0 Å². The smallest absolute Gasteiger partial charge is 0.310 e. The Labute approximate surface area is 222 Å². The van der Waals surface area contributed by atoms with Gasteiger partial charge < -0.3 is 20.9 Å². The molecule has 1 aliphatic heterocycles. The third-order valence-electron chi connectivity index (χ3n) is 8.67. The second-order valence-corrected chi connectivity index (χ2v) is 11.7. The molecule has 0 spiro atoms. The highest BCUT2D eigenvalue weighted by molar-refractivity contribution is 5.78. The van der Waals surface area contributed by atoms with Crippen LogP contribution in [0.1, 0.15) is 80.2 Å². The van der Waals surface area contributed by atoms with Crippen LogP contribution in [-0.2, 0) is 16.1 Å². The van der Waals surface area contributed by atoms with Crippen molar-refractivity contribution in [2.45, 2.75) is 85.0 Å². The summed E-state index contributed by atoms with van der Waals surface area (Å²) in [4.78, 5) is 15.1. The highest BCUT2D eigenvalue weighted by atomic mass is 16.5. The van der Waals surface area contributed by atoms with E-state index in [1.807, 2.05) is 40.0 Å². The zero-order chi connectivity index (χ0) is 26.9. The van der Waals surface area contributed by atoms with Crippen molar-refractivity contribution in [1.82, 2.24) is 4.90 Å². The van der Waals surface area contributed by atoms with Crippen molar-refractivity contribution in [1.29, 1.82) is 0 Å². The number of aryl methyl sites for hydroxylation is 1. The number of nitrogens with two attached hydrogens (primary N) is 1. The highest BCUT2D eigenvalue weighted by Crippen LogP contribution is 2.45. The minimum absolute atomic E-state index is 0.270. The first-order chi connectivity index (χ1) is 17.6. The molecule has 0 amide bonds. The van der Waals surface area contributed by atoms with Gasteiger partial charge in [0.2, 0.25) is 0 Å². The molecule has 0 bridgehead atoms. The number of nitrogens with one attached hydrogen (secondary N) is 1. The average Bonchev–Trinajstić information content (AvgIpc) is 3.71. The number of carbonyl (C=O) groups is 1. The summed E-state index contributed by atoms with van der Waals surface area (Å²) in [6.07, 6.45) is 5.40. The van der Waals surface area contributed by atoms with Crippen LogP contribution in [0.2, 0.25) is 0 Å². The average molecular weight is 508 g/mol. The normalized spacial score (nSPS) is 21.9. The van der Waals surface area contributed by atoms with Crippen LogP contribution in [0.25, 0.3) is 0 Å². The quantitative estimate of drug-likeness (QED) is 0.364. The summed E-state index contributed by atoms with van der Waals surface area (Å²) in [6, 6.07) is 10.5. The predicted molar refractivity (Wildman–Crippen MR) is 151 cm³/mol. The number of carboxylic acid groups (broad SMARTS) is 1. The van der Waals surface area contributed by atoms with E-state index in [4.69, 9.17) is 10.5 Å². The summed E-state index contributed by atoms with van der Waals surface area (Å²) in [6.45, 7) is 12.8. The number of hydrogen-bond donors (Lipinski definition) is 3. The number of aliphatic carboxylic acids is 1. The molecule has 3 atom stereocenters. The van der Waals surface area contributed by atoms with Gasteiger partial charge in [-0.05, 0) is 93.2 Å². The summed E-state index contributed by atoms with van der Waals surface area (Å²) in [5.41, 5.74) is 12.3. The number of ether oxygens (including phenoxy) is 1. The standard InChI is InChI=1S/C31H45N3O3/c1-7-24-18-34(15-14-27(37-24)21-10-11-21)17-23-16-22(9-8-19(23)2)28(31(4,5)30(35)36)25-12-13-26(33-6)29(32)20(25)3/h8-9,12-13,16,21,24,27-28,33H,7,10-11,14-15,17-18,32H2,1-6H3,(H,35,36). The fourth-order valence-electron chi connectivity index (χ4n) is 5.90. The fourth-order valence-corrected chi connectivity index (χ4v) is 5.90. The Hall–Kier alpha value is -2.57. The number of anilines is 2. The molecule has 0 radical (unpaired) electrons. The van der Waals surface area contributed by atoms with E-state index in [0.29, 0.717) is 11.8 Å². The van der Waals surface area contributed by atoms with Gasteiger partial charge in [-0.1, -0.05) is 31.2 Å². The van der Waals surface area contributed by atoms with Gasteiger partial charge in [-0.25, -0.2) is 0 Å². The Balaban J connectivity index is 1.69. The molecule has 2 aliphatic rings. The van der Waals surface area contributed by atoms with Crippen LogP contribution in [0.15, 0.2) is 30.3 Å². The maximum absolute atomic E-state index is 12.5. The molecular formula is C31H45N3O3. The van der Waals surface area contributed by atoms with Gasteiger partial charge in [0.05, 0.1) is 29.0 Å². The molecule has 1 saturated heterocycles. The number of rotatable bonds is 9. The van der Waals surface area contributed by atoms with Crippen LogP contribution >= 0.6 is 0 Å². The monoisotopic (exact) mass is 507 g/mol. The van der Waals surface area contributed by atoms with Crippen LogP contribution in [0.3, 0.4) is 0 Å². The minimum Gasteiger partial charge on any atom is -0.481 e. The van der Waals surface area contributed by atoms with Crippen molar-refractivity contribution in [2.24, 2.45) is 11.3 Å². The topological polar surface area (TPSA) is 87.8 Å². The number of benzene rings is 2. The van der Waals surface area contributed by atoms with Gasteiger partial charge in [-0.3, -0.25) is 9.69 Å². The summed E-state index contributed by atoms with van der Waals surface area (Å²) >= 11 is 0. The van der Waals surface area contributed by atoms with Crippen molar-refractivity contribution in [3.8, 4) is 0 Å². The van der Waals surface area contributed by atoms with Gasteiger partial charge in [0.15, 0.2) is 0 Å². The molecule has 1 heterocycles. The molecule has 4 N–H and O–H groups in total. The Kier molecular flexibility index (Phi) is 8.20.